The highest BCUT2D eigenvalue weighted by Gasteiger charge is 2.20. The summed E-state index contributed by atoms with van der Waals surface area (Å²) in [6.07, 6.45) is 1.89. The average molecular weight is 328 g/mol. The van der Waals surface area contributed by atoms with Crippen molar-refractivity contribution in [3.05, 3.63) is 40.4 Å². The zero-order valence-electron chi connectivity index (χ0n) is 14.4. The molecule has 0 spiro atoms. The van der Waals surface area contributed by atoms with E-state index in [-0.39, 0.29) is 11.5 Å². The Morgan fingerprint density at radius 2 is 1.96 bits per heavy atom. The van der Waals surface area contributed by atoms with Crippen molar-refractivity contribution < 1.29 is 4.79 Å². The topological polar surface area (TPSA) is 58.4 Å². The van der Waals surface area contributed by atoms with E-state index in [0.717, 1.165) is 43.8 Å². The van der Waals surface area contributed by atoms with Crippen molar-refractivity contribution in [2.45, 2.75) is 26.8 Å². The van der Waals surface area contributed by atoms with E-state index in [1.807, 2.05) is 24.0 Å². The van der Waals surface area contributed by atoms with Crippen LogP contribution in [0.25, 0.3) is 10.9 Å². The first-order valence-electron chi connectivity index (χ1n) is 8.55. The Labute approximate surface area is 141 Å². The van der Waals surface area contributed by atoms with Gasteiger partial charge in [0.25, 0.3) is 5.56 Å². The molecule has 128 valence electrons. The Morgan fingerprint density at radius 3 is 2.67 bits per heavy atom. The van der Waals surface area contributed by atoms with Crippen molar-refractivity contribution in [1.82, 2.24) is 19.4 Å². The maximum absolute atomic E-state index is 12.5. The molecule has 3 rings (SSSR count). The van der Waals surface area contributed by atoms with Crippen molar-refractivity contribution in [1.29, 1.82) is 0 Å². The van der Waals surface area contributed by atoms with Gasteiger partial charge in [-0.05, 0) is 25.1 Å². The fraction of sp³-hybridized carbons (Fsp3) is 0.500. The van der Waals surface area contributed by atoms with Crippen LogP contribution in [0.4, 0.5) is 0 Å². The van der Waals surface area contributed by atoms with Gasteiger partial charge in [-0.3, -0.25) is 14.2 Å². The lowest BCUT2D eigenvalue weighted by Crippen LogP contribution is -2.48. The van der Waals surface area contributed by atoms with Crippen LogP contribution in [-0.4, -0.2) is 58.0 Å². The van der Waals surface area contributed by atoms with Gasteiger partial charge in [-0.1, -0.05) is 19.1 Å². The van der Waals surface area contributed by atoms with Crippen molar-refractivity contribution in [3.63, 3.8) is 0 Å². The predicted molar refractivity (Wildman–Crippen MR) is 94.1 cm³/mol. The van der Waals surface area contributed by atoms with Crippen LogP contribution < -0.4 is 5.56 Å². The summed E-state index contributed by atoms with van der Waals surface area (Å²) in [5.74, 6) is 0.113. The standard InChI is InChI=1S/C18H24N4O2/c1-3-20-9-11-21(12-10-20)16(23)7-8-22-13-19-17-14(2)5-4-6-15(17)18(22)24/h4-6,13H,3,7-12H2,1-2H3. The molecule has 24 heavy (non-hydrogen) atoms. The number of para-hydroxylation sites is 1. The fourth-order valence-electron chi connectivity index (χ4n) is 3.18. The lowest BCUT2D eigenvalue weighted by molar-refractivity contribution is -0.133. The Morgan fingerprint density at radius 1 is 1.21 bits per heavy atom. The summed E-state index contributed by atoms with van der Waals surface area (Å²) in [5.41, 5.74) is 1.65. The maximum atomic E-state index is 12.5. The number of fused-ring (bicyclic) bond motifs is 1. The lowest BCUT2D eigenvalue weighted by Gasteiger charge is -2.34. The maximum Gasteiger partial charge on any atom is 0.261 e. The van der Waals surface area contributed by atoms with Crippen LogP contribution in [-0.2, 0) is 11.3 Å². The minimum absolute atomic E-state index is 0.0766. The Kier molecular flexibility index (Phi) is 4.94. The van der Waals surface area contributed by atoms with Crippen molar-refractivity contribution in [2.24, 2.45) is 0 Å². The SMILES string of the molecule is CCN1CCN(C(=O)CCn2cnc3c(C)cccc3c2=O)CC1. The van der Waals surface area contributed by atoms with Gasteiger partial charge in [0.2, 0.25) is 5.91 Å². The third-order valence-electron chi connectivity index (χ3n) is 4.79. The molecule has 0 radical (unpaired) electrons. The third kappa shape index (κ3) is 3.33. The van der Waals surface area contributed by atoms with Gasteiger partial charge >= 0.3 is 0 Å². The third-order valence-corrected chi connectivity index (χ3v) is 4.79. The summed E-state index contributed by atoms with van der Waals surface area (Å²) < 4.78 is 1.54. The zero-order chi connectivity index (χ0) is 17.1. The first-order valence-corrected chi connectivity index (χ1v) is 8.55. The molecule has 0 N–H and O–H groups in total. The molecule has 0 atom stereocenters. The highest BCUT2D eigenvalue weighted by molar-refractivity contribution is 5.80. The monoisotopic (exact) mass is 328 g/mol. The molecule has 0 aliphatic carbocycles. The van der Waals surface area contributed by atoms with E-state index < -0.39 is 0 Å². The largest absolute Gasteiger partial charge is 0.340 e. The number of likely N-dealkylation sites (N-methyl/N-ethyl adjacent to an activating group) is 1. The first kappa shape index (κ1) is 16.6. The van der Waals surface area contributed by atoms with Gasteiger partial charge < -0.3 is 9.80 Å². The van der Waals surface area contributed by atoms with Crippen LogP contribution >= 0.6 is 0 Å². The number of carbonyl (C=O) groups is 1. The molecule has 1 fully saturated rings. The van der Waals surface area contributed by atoms with Crippen molar-refractivity contribution in [2.75, 3.05) is 32.7 Å². The molecule has 1 aromatic heterocycles. The molecule has 1 amide bonds. The molecule has 2 aromatic rings. The summed E-state index contributed by atoms with van der Waals surface area (Å²) in [5, 5.41) is 0.613. The molecule has 1 aromatic carbocycles. The number of carbonyl (C=O) groups excluding carboxylic acids is 1. The predicted octanol–water partition coefficient (Wildman–Crippen LogP) is 1.26. The fourth-order valence-corrected chi connectivity index (χ4v) is 3.18. The molecular formula is C18H24N4O2. The molecule has 1 aliphatic rings. The Balaban J connectivity index is 1.67. The minimum atomic E-state index is -0.0766. The number of rotatable bonds is 4. The number of piperazine rings is 1. The van der Waals surface area contributed by atoms with Crippen molar-refractivity contribution in [3.8, 4) is 0 Å². The van der Waals surface area contributed by atoms with E-state index in [4.69, 9.17) is 0 Å². The smallest absolute Gasteiger partial charge is 0.261 e. The number of benzene rings is 1. The average Bonchev–Trinajstić information content (AvgIpc) is 2.61. The molecule has 1 aliphatic heterocycles. The molecule has 6 nitrogen and oxygen atoms in total. The number of aromatic nitrogens is 2. The van der Waals surface area contributed by atoms with Gasteiger partial charge in [-0.25, -0.2) is 4.98 Å². The van der Waals surface area contributed by atoms with Gasteiger partial charge in [0.15, 0.2) is 0 Å². The zero-order valence-corrected chi connectivity index (χ0v) is 14.4. The van der Waals surface area contributed by atoms with E-state index in [9.17, 15) is 9.59 Å². The number of hydrogen-bond donors (Lipinski definition) is 0. The molecular weight excluding hydrogens is 304 g/mol. The van der Waals surface area contributed by atoms with E-state index in [1.54, 1.807) is 17.0 Å². The first-order chi connectivity index (χ1) is 11.6. The summed E-state index contributed by atoms with van der Waals surface area (Å²) in [6, 6.07) is 5.60. The second-order valence-corrected chi connectivity index (χ2v) is 6.28. The van der Waals surface area contributed by atoms with Gasteiger partial charge in [0.05, 0.1) is 17.2 Å². The highest BCUT2D eigenvalue weighted by Crippen LogP contribution is 2.11. The second-order valence-electron chi connectivity index (χ2n) is 6.28. The van der Waals surface area contributed by atoms with Crippen molar-refractivity contribution >= 4 is 16.8 Å². The molecule has 0 unspecified atom stereocenters. The number of amides is 1. The summed E-state index contributed by atoms with van der Waals surface area (Å²) >= 11 is 0. The van der Waals surface area contributed by atoms with Crippen LogP contribution in [0.5, 0.6) is 0 Å². The highest BCUT2D eigenvalue weighted by atomic mass is 16.2. The summed E-state index contributed by atoms with van der Waals surface area (Å²) in [6.45, 7) is 8.89. The Hall–Kier alpha value is -2.21. The van der Waals surface area contributed by atoms with Gasteiger partial charge in [-0.2, -0.15) is 0 Å². The number of hydrogen-bond acceptors (Lipinski definition) is 4. The lowest BCUT2D eigenvalue weighted by atomic mass is 10.1. The van der Waals surface area contributed by atoms with Gasteiger partial charge in [-0.15, -0.1) is 0 Å². The quantitative estimate of drug-likeness (QED) is 0.848. The molecule has 0 saturated carbocycles. The molecule has 0 bridgehead atoms. The van der Waals surface area contributed by atoms with Crippen LogP contribution in [0, 0.1) is 6.92 Å². The Bertz CT molecular complexity index is 791. The van der Waals surface area contributed by atoms with Crippen LogP contribution in [0.2, 0.25) is 0 Å². The molecule has 6 heteroatoms. The normalized spacial score (nSPS) is 15.8. The van der Waals surface area contributed by atoms with E-state index in [1.165, 1.54) is 0 Å². The van der Waals surface area contributed by atoms with E-state index >= 15 is 0 Å². The van der Waals surface area contributed by atoms with Gasteiger partial charge in [0.1, 0.15) is 0 Å². The van der Waals surface area contributed by atoms with Crippen LogP contribution in [0.1, 0.15) is 18.9 Å². The van der Waals surface area contributed by atoms with Crippen LogP contribution in [0.15, 0.2) is 29.3 Å². The molecule has 1 saturated heterocycles. The van der Waals surface area contributed by atoms with E-state index in [2.05, 4.69) is 16.8 Å². The second kappa shape index (κ2) is 7.13. The minimum Gasteiger partial charge on any atom is -0.340 e. The van der Waals surface area contributed by atoms with Gasteiger partial charge in [0, 0.05) is 39.1 Å². The molecule has 2 heterocycles. The van der Waals surface area contributed by atoms with E-state index in [0.29, 0.717) is 18.4 Å². The summed E-state index contributed by atoms with van der Waals surface area (Å²) in [4.78, 5) is 33.5. The number of aryl methyl sites for hydroxylation is 2. The summed E-state index contributed by atoms with van der Waals surface area (Å²) in [7, 11) is 0. The van der Waals surface area contributed by atoms with Crippen LogP contribution in [0.3, 0.4) is 0 Å². The number of nitrogens with zero attached hydrogens (tertiary/aromatic N) is 4.